The van der Waals surface area contributed by atoms with Crippen LogP contribution >= 0.6 is 45.9 Å². The fourth-order valence-corrected chi connectivity index (χ4v) is 3.15. The summed E-state index contributed by atoms with van der Waals surface area (Å²) in [5, 5.41) is 0. The molecule has 0 heterocycles. The van der Waals surface area contributed by atoms with Gasteiger partial charge in [-0.25, -0.2) is 0 Å². The summed E-state index contributed by atoms with van der Waals surface area (Å²) in [6, 6.07) is -2.56. The minimum Gasteiger partial charge on any atom is -0.175 e. The largest absolute Gasteiger partial charge is 0.353 e. The van der Waals surface area contributed by atoms with Crippen LogP contribution in [0.1, 0.15) is 58.3 Å². The highest BCUT2D eigenvalue weighted by Crippen LogP contribution is 2.31. The minimum atomic E-state index is -2.56. The predicted octanol–water partition coefficient (Wildman–Crippen LogP) is 5.62. The van der Waals surface area contributed by atoms with Gasteiger partial charge in [0.15, 0.2) is 0 Å². The van der Waals surface area contributed by atoms with E-state index in [0.29, 0.717) is 0 Å². The van der Waals surface area contributed by atoms with E-state index in [1.165, 1.54) is 38.5 Å². The first-order valence-corrected chi connectivity index (χ1v) is 11.4. The molecule has 15 heavy (non-hydrogen) atoms. The summed E-state index contributed by atoms with van der Waals surface area (Å²) in [5.74, 6) is 0. The normalized spacial score (nSPS) is 14.2. The van der Waals surface area contributed by atoms with E-state index >= 15 is 0 Å². The summed E-state index contributed by atoms with van der Waals surface area (Å²) in [7, 11) is 0. The van der Waals surface area contributed by atoms with E-state index in [-0.39, 0.29) is 4.87 Å². The van der Waals surface area contributed by atoms with Gasteiger partial charge in [0, 0.05) is 4.87 Å². The zero-order valence-electron chi connectivity index (χ0n) is 9.32. The van der Waals surface area contributed by atoms with Gasteiger partial charge in [-0.3, -0.25) is 0 Å². The van der Waals surface area contributed by atoms with E-state index < -0.39 is 6.00 Å². The summed E-state index contributed by atoms with van der Waals surface area (Å²) in [5.41, 5.74) is 0. The van der Waals surface area contributed by atoms with Crippen molar-refractivity contribution in [2.75, 3.05) is 0 Å². The topological polar surface area (TPSA) is 0 Å². The molecule has 0 aromatic carbocycles. The minimum absolute atomic E-state index is 0.00172. The molecule has 0 saturated carbocycles. The van der Waals surface area contributed by atoms with Crippen molar-refractivity contribution >= 4 is 51.9 Å². The summed E-state index contributed by atoms with van der Waals surface area (Å²) >= 11 is 21.9. The molecule has 92 valence electrons. The van der Waals surface area contributed by atoms with Gasteiger partial charge in [-0.2, -0.15) is 12.6 Å². The number of rotatable bonds is 9. The molecule has 0 nitrogen and oxygen atoms in total. The van der Waals surface area contributed by atoms with Crippen LogP contribution in [0.3, 0.4) is 0 Å². The van der Waals surface area contributed by atoms with Gasteiger partial charge in [-0.15, -0.1) is 33.2 Å². The molecule has 0 spiro atoms. The lowest BCUT2D eigenvalue weighted by Gasteiger charge is -2.15. The fraction of sp³-hybridized carbons (Fsp3) is 1.00. The van der Waals surface area contributed by atoms with Gasteiger partial charge in [0.1, 0.15) is 0 Å². The molecule has 0 aromatic heterocycles. The molecule has 0 radical (unpaired) electrons. The van der Waals surface area contributed by atoms with Crippen molar-refractivity contribution in [1.29, 1.82) is 0 Å². The molecule has 1 atom stereocenters. The Bertz CT molecular complexity index is 150. The zero-order valence-corrected chi connectivity index (χ0v) is 13.5. The quantitative estimate of drug-likeness (QED) is 0.243. The third-order valence-corrected chi connectivity index (χ3v) is 8.66. The molecule has 0 rings (SSSR count). The Morgan fingerprint density at radius 2 is 1.40 bits per heavy atom. The highest BCUT2D eigenvalue weighted by Gasteiger charge is 2.33. The monoisotopic (exact) mass is 306 g/mol. The molecule has 0 aromatic rings. The van der Waals surface area contributed by atoms with E-state index in [1.807, 2.05) is 0 Å². The molecule has 0 saturated heterocycles. The van der Waals surface area contributed by atoms with E-state index in [4.69, 9.17) is 33.2 Å². The first kappa shape index (κ1) is 16.4. The van der Waals surface area contributed by atoms with Crippen LogP contribution in [-0.4, -0.2) is 10.9 Å². The van der Waals surface area contributed by atoms with Gasteiger partial charge in [-0.1, -0.05) is 51.9 Å². The number of unbranched alkanes of at least 4 members (excludes halogenated alkanes) is 6. The summed E-state index contributed by atoms with van der Waals surface area (Å²) in [4.78, 5) is -0.00172. The van der Waals surface area contributed by atoms with E-state index in [9.17, 15) is 0 Å². The number of thiol groups is 1. The molecule has 0 aliphatic heterocycles. The van der Waals surface area contributed by atoms with Gasteiger partial charge < -0.3 is 0 Å². The fourth-order valence-electron chi connectivity index (χ4n) is 1.46. The van der Waals surface area contributed by atoms with Crippen LogP contribution in [0.5, 0.6) is 0 Å². The molecule has 0 fully saturated rings. The second kappa shape index (κ2) is 9.47. The maximum Gasteiger partial charge on any atom is 0.353 e. The summed E-state index contributed by atoms with van der Waals surface area (Å²) in [6.45, 7) is 2.23. The van der Waals surface area contributed by atoms with Crippen molar-refractivity contribution < 1.29 is 0 Å². The summed E-state index contributed by atoms with van der Waals surface area (Å²) in [6.07, 6.45) is 10.0. The van der Waals surface area contributed by atoms with Crippen molar-refractivity contribution in [3.05, 3.63) is 0 Å². The molecular formula is C10H21Cl3SSi. The highest BCUT2D eigenvalue weighted by atomic mass is 35.8. The van der Waals surface area contributed by atoms with Crippen molar-refractivity contribution in [3.8, 4) is 0 Å². The first-order valence-electron chi connectivity index (χ1n) is 5.73. The molecule has 0 aliphatic carbocycles. The average Bonchev–Trinajstić information content (AvgIpc) is 2.14. The lowest BCUT2D eigenvalue weighted by Crippen LogP contribution is -2.25. The van der Waals surface area contributed by atoms with Gasteiger partial charge in [0.25, 0.3) is 0 Å². The molecule has 0 bridgehead atoms. The van der Waals surface area contributed by atoms with Crippen LogP contribution in [0, 0.1) is 0 Å². The number of hydrogen-bond acceptors (Lipinski definition) is 1. The molecule has 0 N–H and O–H groups in total. The predicted molar refractivity (Wildman–Crippen MR) is 78.7 cm³/mol. The maximum absolute atomic E-state index is 5.86. The Morgan fingerprint density at radius 1 is 0.933 bits per heavy atom. The third-order valence-electron chi connectivity index (χ3n) is 2.46. The van der Waals surface area contributed by atoms with E-state index in [2.05, 4.69) is 19.6 Å². The molecule has 0 amide bonds. The van der Waals surface area contributed by atoms with Gasteiger partial charge in [-0.05, 0) is 6.42 Å². The number of hydrogen-bond donors (Lipinski definition) is 1. The van der Waals surface area contributed by atoms with Crippen LogP contribution in [0.25, 0.3) is 0 Å². The highest BCUT2D eigenvalue weighted by molar-refractivity contribution is 7.89. The summed E-state index contributed by atoms with van der Waals surface area (Å²) < 4.78 is 0. The van der Waals surface area contributed by atoms with E-state index in [0.717, 1.165) is 12.8 Å². The van der Waals surface area contributed by atoms with Crippen LogP contribution in [0.15, 0.2) is 0 Å². The van der Waals surface area contributed by atoms with Crippen molar-refractivity contribution in [2.24, 2.45) is 0 Å². The maximum atomic E-state index is 5.86. The molecule has 0 aliphatic rings. The molecule has 1 unspecified atom stereocenters. The van der Waals surface area contributed by atoms with Gasteiger partial charge >= 0.3 is 6.00 Å². The van der Waals surface area contributed by atoms with Crippen LogP contribution in [0.2, 0.25) is 0 Å². The second-order valence-corrected chi connectivity index (χ2v) is 14.0. The Labute approximate surface area is 115 Å². The molecule has 5 heteroatoms. The Balaban J connectivity index is 3.24. The Kier molecular flexibility index (Phi) is 10.4. The zero-order chi connectivity index (χ0) is 11.7. The standard InChI is InChI=1S/C10H21Cl3SSi/c1-2-3-4-5-6-7-8-9-10(14)15(11,12)13/h10,14H,2-9H2,1H3. The first-order chi connectivity index (χ1) is 6.98. The van der Waals surface area contributed by atoms with Crippen molar-refractivity contribution in [2.45, 2.75) is 63.2 Å². The van der Waals surface area contributed by atoms with Crippen molar-refractivity contribution in [3.63, 3.8) is 0 Å². The van der Waals surface area contributed by atoms with Crippen LogP contribution < -0.4 is 0 Å². The van der Waals surface area contributed by atoms with E-state index in [1.54, 1.807) is 0 Å². The van der Waals surface area contributed by atoms with Gasteiger partial charge in [0.05, 0.1) is 0 Å². The average molecular weight is 308 g/mol. The lowest BCUT2D eigenvalue weighted by atomic mass is 10.1. The molecular weight excluding hydrogens is 287 g/mol. The Hall–Kier alpha value is 1.44. The second-order valence-electron chi connectivity index (χ2n) is 3.97. The third kappa shape index (κ3) is 10.3. The van der Waals surface area contributed by atoms with Crippen LogP contribution in [-0.2, 0) is 0 Å². The van der Waals surface area contributed by atoms with Gasteiger partial charge in [0.2, 0.25) is 0 Å². The lowest BCUT2D eigenvalue weighted by molar-refractivity contribution is 0.583. The van der Waals surface area contributed by atoms with Crippen LogP contribution in [0.4, 0.5) is 0 Å². The Morgan fingerprint density at radius 3 is 1.87 bits per heavy atom. The van der Waals surface area contributed by atoms with Crippen molar-refractivity contribution in [1.82, 2.24) is 0 Å². The number of halogens is 3. The SMILES string of the molecule is CCCCCCCCCC(S)[Si](Cl)(Cl)Cl. The smallest absolute Gasteiger partial charge is 0.175 e.